The number of hydrogen-bond acceptors (Lipinski definition) is 3. The van der Waals surface area contributed by atoms with Crippen molar-refractivity contribution in [1.29, 1.82) is 0 Å². The zero-order valence-electron chi connectivity index (χ0n) is 13.5. The minimum absolute atomic E-state index is 0.216. The molecular weight excluding hydrogens is 318 g/mol. The summed E-state index contributed by atoms with van der Waals surface area (Å²) >= 11 is 0. The van der Waals surface area contributed by atoms with Gasteiger partial charge in [0.25, 0.3) is 5.91 Å². The number of nitrogens with one attached hydrogen (secondary N) is 1. The topological polar surface area (TPSA) is 69.2 Å². The summed E-state index contributed by atoms with van der Waals surface area (Å²) in [6.07, 6.45) is 3.89. The molecule has 2 heterocycles. The Labute approximate surface area is 142 Å². The molecule has 25 heavy (non-hydrogen) atoms. The van der Waals surface area contributed by atoms with Crippen LogP contribution in [0.3, 0.4) is 0 Å². The molecule has 1 N–H and O–H groups in total. The lowest BCUT2D eigenvalue weighted by molar-refractivity contribution is 0.102. The first-order chi connectivity index (χ1) is 12.1. The Morgan fingerprint density at radius 1 is 1.04 bits per heavy atom. The summed E-state index contributed by atoms with van der Waals surface area (Å²) < 4.78 is 8.45. The molecular formula is C19H15N3O3. The summed E-state index contributed by atoms with van der Waals surface area (Å²) in [6, 6.07) is 16.3. The van der Waals surface area contributed by atoms with Gasteiger partial charge in [0.15, 0.2) is 5.58 Å². The van der Waals surface area contributed by atoms with E-state index in [4.69, 9.17) is 4.42 Å². The molecule has 0 aliphatic rings. The first-order valence-corrected chi connectivity index (χ1v) is 7.76. The summed E-state index contributed by atoms with van der Waals surface area (Å²) in [5.41, 5.74) is 3.25. The first-order valence-electron chi connectivity index (χ1n) is 7.76. The molecule has 2 aromatic heterocycles. The lowest BCUT2D eigenvalue weighted by Gasteiger charge is -2.07. The van der Waals surface area contributed by atoms with Gasteiger partial charge in [-0.25, -0.2) is 4.79 Å². The molecule has 0 saturated carbocycles. The van der Waals surface area contributed by atoms with Gasteiger partial charge in [0.1, 0.15) is 0 Å². The van der Waals surface area contributed by atoms with Crippen molar-refractivity contribution < 1.29 is 9.21 Å². The van der Waals surface area contributed by atoms with Crippen LogP contribution in [0, 0.1) is 0 Å². The highest BCUT2D eigenvalue weighted by molar-refractivity contribution is 6.05. The predicted molar refractivity (Wildman–Crippen MR) is 95.2 cm³/mol. The maximum Gasteiger partial charge on any atom is 0.419 e. The van der Waals surface area contributed by atoms with E-state index in [9.17, 15) is 9.59 Å². The number of carbonyl (C=O) groups is 1. The van der Waals surface area contributed by atoms with Gasteiger partial charge in [-0.15, -0.1) is 0 Å². The molecule has 124 valence electrons. The Morgan fingerprint density at radius 2 is 1.76 bits per heavy atom. The summed E-state index contributed by atoms with van der Waals surface area (Å²) in [5, 5.41) is 2.84. The van der Waals surface area contributed by atoms with Crippen molar-refractivity contribution in [3.63, 3.8) is 0 Å². The second-order valence-corrected chi connectivity index (χ2v) is 5.70. The van der Waals surface area contributed by atoms with Crippen LogP contribution in [0.5, 0.6) is 0 Å². The minimum atomic E-state index is -0.431. The van der Waals surface area contributed by atoms with E-state index >= 15 is 0 Å². The summed E-state index contributed by atoms with van der Waals surface area (Å²) in [6.45, 7) is 0. The molecule has 0 spiro atoms. The number of anilines is 1. The van der Waals surface area contributed by atoms with Crippen LogP contribution in [-0.4, -0.2) is 15.0 Å². The Bertz CT molecular complexity index is 1100. The van der Waals surface area contributed by atoms with E-state index in [1.165, 1.54) is 4.57 Å². The molecule has 6 heteroatoms. The Balaban J connectivity index is 1.57. The smallest absolute Gasteiger partial charge is 0.408 e. The van der Waals surface area contributed by atoms with Gasteiger partial charge < -0.3 is 14.3 Å². The number of aromatic nitrogens is 2. The molecule has 0 aliphatic heterocycles. The van der Waals surface area contributed by atoms with Gasteiger partial charge in [0.05, 0.1) is 5.52 Å². The maximum atomic E-state index is 12.4. The number of amides is 1. The summed E-state index contributed by atoms with van der Waals surface area (Å²) in [4.78, 5) is 24.0. The normalized spacial score (nSPS) is 10.9. The second kappa shape index (κ2) is 5.83. The van der Waals surface area contributed by atoms with Crippen molar-refractivity contribution in [2.24, 2.45) is 7.05 Å². The maximum absolute atomic E-state index is 12.4. The van der Waals surface area contributed by atoms with Crippen molar-refractivity contribution in [3.8, 4) is 5.69 Å². The highest BCUT2D eigenvalue weighted by Gasteiger charge is 2.10. The van der Waals surface area contributed by atoms with Gasteiger partial charge in [-0.05, 0) is 54.6 Å². The van der Waals surface area contributed by atoms with Gasteiger partial charge >= 0.3 is 5.76 Å². The van der Waals surface area contributed by atoms with Crippen LogP contribution in [-0.2, 0) is 7.05 Å². The number of aryl methyl sites for hydroxylation is 1. The fraction of sp³-hybridized carbons (Fsp3) is 0.0526. The van der Waals surface area contributed by atoms with Gasteiger partial charge in [0, 0.05) is 36.4 Å². The van der Waals surface area contributed by atoms with Crippen molar-refractivity contribution >= 4 is 22.7 Å². The SMILES string of the molecule is Cn1c(=O)oc2ccc(NC(=O)c3ccc(-n4cccc4)cc3)cc21. The molecule has 4 aromatic rings. The number of carbonyl (C=O) groups excluding carboxylic acids is 1. The van der Waals surface area contributed by atoms with E-state index in [0.717, 1.165) is 5.69 Å². The molecule has 0 aliphatic carbocycles. The lowest BCUT2D eigenvalue weighted by Crippen LogP contribution is -2.12. The van der Waals surface area contributed by atoms with Gasteiger partial charge in [-0.3, -0.25) is 9.36 Å². The van der Waals surface area contributed by atoms with Gasteiger partial charge in [-0.1, -0.05) is 0 Å². The van der Waals surface area contributed by atoms with E-state index in [2.05, 4.69) is 5.32 Å². The van der Waals surface area contributed by atoms with Crippen LogP contribution in [0.4, 0.5) is 5.69 Å². The molecule has 1 amide bonds. The van der Waals surface area contributed by atoms with Gasteiger partial charge in [-0.2, -0.15) is 0 Å². The highest BCUT2D eigenvalue weighted by Crippen LogP contribution is 2.19. The van der Waals surface area contributed by atoms with E-state index < -0.39 is 5.76 Å². The number of nitrogens with zero attached hydrogens (tertiary/aromatic N) is 2. The number of fused-ring (bicyclic) bond motifs is 1. The highest BCUT2D eigenvalue weighted by atomic mass is 16.4. The molecule has 4 rings (SSSR count). The molecule has 0 bridgehead atoms. The fourth-order valence-corrected chi connectivity index (χ4v) is 2.70. The van der Waals surface area contributed by atoms with Crippen LogP contribution in [0.25, 0.3) is 16.8 Å². The fourth-order valence-electron chi connectivity index (χ4n) is 2.70. The van der Waals surface area contributed by atoms with Crippen molar-refractivity contribution in [1.82, 2.24) is 9.13 Å². The molecule has 0 fully saturated rings. The molecule has 0 atom stereocenters. The van der Waals surface area contributed by atoms with Gasteiger partial charge in [0.2, 0.25) is 0 Å². The average molecular weight is 333 g/mol. The van der Waals surface area contributed by atoms with Crippen molar-refractivity contribution in [2.75, 3.05) is 5.32 Å². The molecule has 6 nitrogen and oxygen atoms in total. The number of benzene rings is 2. The lowest BCUT2D eigenvalue weighted by atomic mass is 10.2. The Morgan fingerprint density at radius 3 is 2.48 bits per heavy atom. The summed E-state index contributed by atoms with van der Waals surface area (Å²) in [5.74, 6) is -0.647. The number of oxazole rings is 1. The zero-order chi connectivity index (χ0) is 17.4. The van der Waals surface area contributed by atoms with Crippen LogP contribution < -0.4 is 11.1 Å². The predicted octanol–water partition coefficient (Wildman–Crippen LogP) is 3.17. The quantitative estimate of drug-likeness (QED) is 0.626. The van der Waals surface area contributed by atoms with Crippen LogP contribution in [0.2, 0.25) is 0 Å². The molecule has 0 unspecified atom stereocenters. The van der Waals surface area contributed by atoms with E-state index in [-0.39, 0.29) is 5.91 Å². The third kappa shape index (κ3) is 2.74. The second-order valence-electron chi connectivity index (χ2n) is 5.70. The van der Waals surface area contributed by atoms with E-state index in [1.807, 2.05) is 41.2 Å². The summed E-state index contributed by atoms with van der Waals surface area (Å²) in [7, 11) is 1.62. The monoisotopic (exact) mass is 333 g/mol. The van der Waals surface area contributed by atoms with Crippen molar-refractivity contribution in [3.05, 3.63) is 83.1 Å². The van der Waals surface area contributed by atoms with Crippen LogP contribution >= 0.6 is 0 Å². The Kier molecular flexibility index (Phi) is 3.50. The van der Waals surface area contributed by atoms with E-state index in [1.54, 1.807) is 37.4 Å². The average Bonchev–Trinajstić information content (AvgIpc) is 3.25. The van der Waals surface area contributed by atoms with Crippen LogP contribution in [0.15, 0.2) is 76.2 Å². The standard InChI is InChI=1S/C19H15N3O3/c1-21-16-12-14(6-9-17(16)25-19(21)24)20-18(23)13-4-7-15(8-5-13)22-10-2-3-11-22/h2-12H,1H3,(H,20,23). The zero-order valence-corrected chi connectivity index (χ0v) is 13.5. The molecule has 2 aromatic carbocycles. The van der Waals surface area contributed by atoms with Crippen LogP contribution in [0.1, 0.15) is 10.4 Å². The molecule has 0 radical (unpaired) electrons. The largest absolute Gasteiger partial charge is 0.419 e. The number of hydrogen-bond donors (Lipinski definition) is 1. The third-order valence-electron chi connectivity index (χ3n) is 4.08. The third-order valence-corrected chi connectivity index (χ3v) is 4.08. The minimum Gasteiger partial charge on any atom is -0.408 e. The number of rotatable bonds is 3. The van der Waals surface area contributed by atoms with E-state index in [0.29, 0.717) is 22.4 Å². The first kappa shape index (κ1) is 15.0. The molecule has 0 saturated heterocycles. The van der Waals surface area contributed by atoms with Crippen molar-refractivity contribution in [2.45, 2.75) is 0 Å². The Hall–Kier alpha value is -3.54.